The van der Waals surface area contributed by atoms with Crippen LogP contribution in [0.1, 0.15) is 25.7 Å². The van der Waals surface area contributed by atoms with Crippen LogP contribution in [0.2, 0.25) is 0 Å². The summed E-state index contributed by atoms with van der Waals surface area (Å²) in [7, 11) is 0. The highest BCUT2D eigenvalue weighted by Crippen LogP contribution is 2.11. The van der Waals surface area contributed by atoms with Crippen LogP contribution >= 0.6 is 0 Å². The molecule has 0 saturated carbocycles. The summed E-state index contributed by atoms with van der Waals surface area (Å²) in [6.45, 7) is 1.51. The monoisotopic (exact) mass is 212 g/mol. The molecule has 1 atom stereocenters. The Labute approximate surface area is 88.5 Å². The third-order valence-electron chi connectivity index (χ3n) is 2.90. The second-order valence-electron chi connectivity index (χ2n) is 4.06. The summed E-state index contributed by atoms with van der Waals surface area (Å²) in [5, 5.41) is 5.63. The molecule has 5 nitrogen and oxygen atoms in total. The van der Waals surface area contributed by atoms with E-state index in [0.717, 1.165) is 26.1 Å². The van der Waals surface area contributed by atoms with Crippen LogP contribution < -0.4 is 10.6 Å². The molecule has 2 N–H and O–H groups in total. The molecule has 2 saturated heterocycles. The van der Waals surface area contributed by atoms with E-state index in [2.05, 4.69) is 10.6 Å². The van der Waals surface area contributed by atoms with Gasteiger partial charge in [-0.2, -0.15) is 0 Å². The van der Waals surface area contributed by atoms with E-state index in [4.69, 9.17) is 4.74 Å². The van der Waals surface area contributed by atoms with Crippen LogP contribution in [0.3, 0.4) is 0 Å². The van der Waals surface area contributed by atoms with E-state index in [0.29, 0.717) is 18.9 Å². The second kappa shape index (κ2) is 4.72. The summed E-state index contributed by atoms with van der Waals surface area (Å²) in [6.07, 6.45) is 2.93. The average Bonchev–Trinajstić information content (AvgIpc) is 2.24. The van der Waals surface area contributed by atoms with E-state index in [-0.39, 0.29) is 17.9 Å². The van der Waals surface area contributed by atoms with Gasteiger partial charge in [0.05, 0.1) is 6.04 Å². The van der Waals surface area contributed by atoms with Gasteiger partial charge in [0.2, 0.25) is 11.8 Å². The van der Waals surface area contributed by atoms with Crippen LogP contribution in [0.5, 0.6) is 0 Å². The topological polar surface area (TPSA) is 67.4 Å². The highest BCUT2D eigenvalue weighted by molar-refractivity contribution is 6.00. The number of carbonyl (C=O) groups is 2. The number of imide groups is 1. The van der Waals surface area contributed by atoms with Crippen LogP contribution in [0.25, 0.3) is 0 Å². The van der Waals surface area contributed by atoms with Crippen molar-refractivity contribution in [3.05, 3.63) is 0 Å². The Morgan fingerprint density at radius 3 is 2.60 bits per heavy atom. The maximum Gasteiger partial charge on any atom is 0.243 e. The van der Waals surface area contributed by atoms with Crippen molar-refractivity contribution in [2.75, 3.05) is 13.2 Å². The molecular weight excluding hydrogens is 196 g/mol. The van der Waals surface area contributed by atoms with E-state index in [1.165, 1.54) is 0 Å². The largest absolute Gasteiger partial charge is 0.381 e. The second-order valence-corrected chi connectivity index (χ2v) is 4.06. The molecule has 15 heavy (non-hydrogen) atoms. The molecule has 2 fully saturated rings. The molecule has 0 aromatic heterocycles. The van der Waals surface area contributed by atoms with Crippen LogP contribution in [-0.2, 0) is 14.3 Å². The zero-order chi connectivity index (χ0) is 10.7. The average molecular weight is 212 g/mol. The zero-order valence-corrected chi connectivity index (χ0v) is 8.62. The van der Waals surface area contributed by atoms with E-state index in [9.17, 15) is 9.59 Å². The van der Waals surface area contributed by atoms with E-state index in [1.807, 2.05) is 0 Å². The van der Waals surface area contributed by atoms with Gasteiger partial charge in [-0.25, -0.2) is 0 Å². The summed E-state index contributed by atoms with van der Waals surface area (Å²) in [6, 6.07) is 0.147. The molecular formula is C10H16N2O3. The lowest BCUT2D eigenvalue weighted by Gasteiger charge is -2.29. The first-order chi connectivity index (χ1) is 7.25. The first-order valence-corrected chi connectivity index (χ1v) is 5.43. The lowest BCUT2D eigenvalue weighted by Crippen LogP contribution is -2.54. The lowest BCUT2D eigenvalue weighted by molar-refractivity contribution is -0.135. The molecule has 0 spiro atoms. The summed E-state index contributed by atoms with van der Waals surface area (Å²) in [5.74, 6) is -0.345. The summed E-state index contributed by atoms with van der Waals surface area (Å²) in [5.41, 5.74) is 0. The summed E-state index contributed by atoms with van der Waals surface area (Å²) >= 11 is 0. The molecule has 2 heterocycles. The quantitative estimate of drug-likeness (QED) is 0.609. The Kier molecular flexibility index (Phi) is 3.33. The molecule has 2 aliphatic heterocycles. The van der Waals surface area contributed by atoms with E-state index < -0.39 is 0 Å². The number of piperidine rings is 1. The molecule has 84 valence electrons. The van der Waals surface area contributed by atoms with Gasteiger partial charge in [-0.1, -0.05) is 0 Å². The van der Waals surface area contributed by atoms with Crippen molar-refractivity contribution >= 4 is 11.8 Å². The summed E-state index contributed by atoms with van der Waals surface area (Å²) in [4.78, 5) is 22.4. The van der Waals surface area contributed by atoms with Crippen LogP contribution in [0.4, 0.5) is 0 Å². The summed E-state index contributed by atoms with van der Waals surface area (Å²) < 4.78 is 5.24. The minimum atomic E-state index is -0.203. The molecule has 0 aromatic rings. The van der Waals surface area contributed by atoms with Gasteiger partial charge in [0.25, 0.3) is 0 Å². The number of hydrogen-bond acceptors (Lipinski definition) is 4. The number of carbonyl (C=O) groups excluding carboxylic acids is 2. The fourth-order valence-corrected chi connectivity index (χ4v) is 2.00. The predicted molar refractivity (Wildman–Crippen MR) is 53.1 cm³/mol. The van der Waals surface area contributed by atoms with Crippen LogP contribution in [0.15, 0.2) is 0 Å². The van der Waals surface area contributed by atoms with Crippen molar-refractivity contribution in [1.29, 1.82) is 0 Å². The Bertz CT molecular complexity index is 261. The highest BCUT2D eigenvalue weighted by atomic mass is 16.5. The van der Waals surface area contributed by atoms with E-state index >= 15 is 0 Å². The van der Waals surface area contributed by atoms with Gasteiger partial charge >= 0.3 is 0 Å². The van der Waals surface area contributed by atoms with Crippen LogP contribution in [0, 0.1) is 0 Å². The third-order valence-corrected chi connectivity index (χ3v) is 2.90. The Hall–Kier alpha value is -0.940. The van der Waals surface area contributed by atoms with E-state index in [1.54, 1.807) is 0 Å². The third kappa shape index (κ3) is 2.76. The van der Waals surface area contributed by atoms with Gasteiger partial charge in [-0.05, 0) is 19.3 Å². The SMILES string of the molecule is O=C1CCC(NC2CCOCC2)C(=O)N1. The fourth-order valence-electron chi connectivity index (χ4n) is 2.00. The maximum atomic E-state index is 11.5. The molecule has 0 bridgehead atoms. The fraction of sp³-hybridized carbons (Fsp3) is 0.800. The van der Waals surface area contributed by atoms with Gasteiger partial charge in [0.1, 0.15) is 0 Å². The molecule has 2 aliphatic rings. The molecule has 2 rings (SSSR count). The zero-order valence-electron chi connectivity index (χ0n) is 8.62. The number of rotatable bonds is 2. The highest BCUT2D eigenvalue weighted by Gasteiger charge is 2.28. The number of amides is 2. The molecule has 0 radical (unpaired) electrons. The molecule has 0 aliphatic carbocycles. The maximum absolute atomic E-state index is 11.5. The molecule has 0 aromatic carbocycles. The molecule has 2 amide bonds. The minimum absolute atomic E-state index is 0.162. The van der Waals surface area contributed by atoms with Crippen molar-refractivity contribution in [2.45, 2.75) is 37.8 Å². The number of hydrogen-bond donors (Lipinski definition) is 2. The first kappa shape index (κ1) is 10.6. The van der Waals surface area contributed by atoms with Crippen molar-refractivity contribution in [3.8, 4) is 0 Å². The Morgan fingerprint density at radius 2 is 1.93 bits per heavy atom. The van der Waals surface area contributed by atoms with Gasteiger partial charge in [-0.15, -0.1) is 0 Å². The van der Waals surface area contributed by atoms with Crippen molar-refractivity contribution in [1.82, 2.24) is 10.6 Å². The molecule has 5 heteroatoms. The van der Waals surface area contributed by atoms with Gasteiger partial charge in [0, 0.05) is 25.7 Å². The van der Waals surface area contributed by atoms with Crippen molar-refractivity contribution < 1.29 is 14.3 Å². The first-order valence-electron chi connectivity index (χ1n) is 5.43. The smallest absolute Gasteiger partial charge is 0.243 e. The minimum Gasteiger partial charge on any atom is -0.381 e. The Balaban J connectivity index is 1.82. The standard InChI is InChI=1S/C10H16N2O3/c13-9-2-1-8(10(14)12-9)11-7-3-5-15-6-4-7/h7-8,11H,1-6H2,(H,12,13,14). The van der Waals surface area contributed by atoms with Gasteiger partial charge in [-0.3, -0.25) is 14.9 Å². The number of ether oxygens (including phenoxy) is 1. The lowest BCUT2D eigenvalue weighted by atomic mass is 10.0. The van der Waals surface area contributed by atoms with Gasteiger partial charge in [0.15, 0.2) is 0 Å². The van der Waals surface area contributed by atoms with Crippen molar-refractivity contribution in [3.63, 3.8) is 0 Å². The number of nitrogens with one attached hydrogen (secondary N) is 2. The van der Waals surface area contributed by atoms with Crippen LogP contribution in [-0.4, -0.2) is 37.1 Å². The van der Waals surface area contributed by atoms with Gasteiger partial charge < -0.3 is 10.1 Å². The Morgan fingerprint density at radius 1 is 1.20 bits per heavy atom. The normalized spacial score (nSPS) is 28.9. The molecule has 1 unspecified atom stereocenters. The predicted octanol–water partition coefficient (Wildman–Crippen LogP) is -0.440. The van der Waals surface area contributed by atoms with Crippen molar-refractivity contribution in [2.24, 2.45) is 0 Å².